The van der Waals surface area contributed by atoms with Gasteiger partial charge in [0.25, 0.3) is 0 Å². The summed E-state index contributed by atoms with van der Waals surface area (Å²) in [5.74, 6) is 0. The summed E-state index contributed by atoms with van der Waals surface area (Å²) in [4.78, 5) is 0. The highest BCUT2D eigenvalue weighted by Crippen LogP contribution is 2.13. The van der Waals surface area contributed by atoms with Crippen molar-refractivity contribution in [3.05, 3.63) is 59.7 Å². The smallest absolute Gasteiger partial charge is 0.0316 e. The Bertz CT molecular complexity index is 446. The second-order valence-corrected chi connectivity index (χ2v) is 4.34. The molecule has 0 aromatic heterocycles. The summed E-state index contributed by atoms with van der Waals surface area (Å²) in [7, 11) is 0. The largest absolute Gasteiger partial charge is 0.399 e. The standard InChI is InChI=1S/C15H18N2/c16-14-8-2-6-12(10-14)4-1-5-13-7-3-9-15(17)11-13/h2-3,6-11H,1,4-5,16-17H2. The molecule has 0 aliphatic rings. The van der Waals surface area contributed by atoms with Gasteiger partial charge in [-0.15, -0.1) is 0 Å². The van der Waals surface area contributed by atoms with Crippen LogP contribution >= 0.6 is 0 Å². The van der Waals surface area contributed by atoms with Crippen molar-refractivity contribution in [2.75, 3.05) is 11.5 Å². The lowest BCUT2D eigenvalue weighted by Crippen LogP contribution is -1.93. The molecule has 0 saturated carbocycles. The fraction of sp³-hybridized carbons (Fsp3) is 0.200. The first kappa shape index (κ1) is 11.5. The van der Waals surface area contributed by atoms with Gasteiger partial charge in [0.15, 0.2) is 0 Å². The van der Waals surface area contributed by atoms with Gasteiger partial charge in [-0.3, -0.25) is 0 Å². The number of benzene rings is 2. The van der Waals surface area contributed by atoms with E-state index in [0.29, 0.717) is 0 Å². The quantitative estimate of drug-likeness (QED) is 0.787. The van der Waals surface area contributed by atoms with Crippen molar-refractivity contribution in [1.82, 2.24) is 0 Å². The molecular weight excluding hydrogens is 208 g/mol. The molecule has 4 N–H and O–H groups in total. The average Bonchev–Trinajstić information content (AvgIpc) is 2.29. The predicted molar refractivity (Wildman–Crippen MR) is 73.7 cm³/mol. The van der Waals surface area contributed by atoms with Crippen molar-refractivity contribution in [3.8, 4) is 0 Å². The molecule has 0 aliphatic heterocycles. The summed E-state index contributed by atoms with van der Waals surface area (Å²) in [6, 6.07) is 16.2. The van der Waals surface area contributed by atoms with E-state index in [1.165, 1.54) is 11.1 Å². The Hall–Kier alpha value is -1.96. The highest BCUT2D eigenvalue weighted by molar-refractivity contribution is 5.41. The molecule has 88 valence electrons. The number of hydrogen-bond acceptors (Lipinski definition) is 2. The molecule has 0 aliphatic carbocycles. The van der Waals surface area contributed by atoms with Crippen molar-refractivity contribution in [1.29, 1.82) is 0 Å². The molecule has 0 heterocycles. The van der Waals surface area contributed by atoms with Gasteiger partial charge in [-0.2, -0.15) is 0 Å². The highest BCUT2D eigenvalue weighted by Gasteiger charge is 1.97. The summed E-state index contributed by atoms with van der Waals surface area (Å²) >= 11 is 0. The summed E-state index contributed by atoms with van der Waals surface area (Å²) in [5, 5.41) is 0. The van der Waals surface area contributed by atoms with Crippen LogP contribution in [0.3, 0.4) is 0 Å². The number of nitrogen functional groups attached to an aromatic ring is 2. The molecule has 0 bridgehead atoms. The van der Waals surface area contributed by atoms with Crippen LogP contribution in [0.4, 0.5) is 11.4 Å². The van der Waals surface area contributed by atoms with Gasteiger partial charge in [0.1, 0.15) is 0 Å². The second-order valence-electron chi connectivity index (χ2n) is 4.34. The fourth-order valence-corrected chi connectivity index (χ4v) is 1.99. The van der Waals surface area contributed by atoms with E-state index in [1.54, 1.807) is 0 Å². The maximum atomic E-state index is 5.74. The van der Waals surface area contributed by atoms with Crippen LogP contribution in [0.1, 0.15) is 17.5 Å². The third-order valence-electron chi connectivity index (χ3n) is 2.83. The van der Waals surface area contributed by atoms with Crippen LogP contribution in [0.2, 0.25) is 0 Å². The number of rotatable bonds is 4. The third-order valence-corrected chi connectivity index (χ3v) is 2.83. The zero-order chi connectivity index (χ0) is 12.1. The molecule has 2 rings (SSSR count). The lowest BCUT2D eigenvalue weighted by Gasteiger charge is -2.04. The van der Waals surface area contributed by atoms with E-state index in [9.17, 15) is 0 Å². The molecule has 0 atom stereocenters. The van der Waals surface area contributed by atoms with Gasteiger partial charge in [-0.25, -0.2) is 0 Å². The lowest BCUT2D eigenvalue weighted by molar-refractivity contribution is 0.821. The Labute approximate surface area is 102 Å². The zero-order valence-corrected chi connectivity index (χ0v) is 9.89. The van der Waals surface area contributed by atoms with Crippen LogP contribution in [-0.2, 0) is 12.8 Å². The first-order valence-electron chi connectivity index (χ1n) is 5.93. The van der Waals surface area contributed by atoms with Gasteiger partial charge in [0, 0.05) is 11.4 Å². The Morgan fingerprint density at radius 1 is 0.706 bits per heavy atom. The van der Waals surface area contributed by atoms with Gasteiger partial charge < -0.3 is 11.5 Å². The zero-order valence-electron chi connectivity index (χ0n) is 9.89. The first-order chi connectivity index (χ1) is 8.24. The number of nitrogens with two attached hydrogens (primary N) is 2. The summed E-state index contributed by atoms with van der Waals surface area (Å²) in [5.41, 5.74) is 15.8. The summed E-state index contributed by atoms with van der Waals surface area (Å²) in [6.07, 6.45) is 3.23. The number of anilines is 2. The summed E-state index contributed by atoms with van der Waals surface area (Å²) in [6.45, 7) is 0. The minimum Gasteiger partial charge on any atom is -0.399 e. The van der Waals surface area contributed by atoms with E-state index in [4.69, 9.17) is 11.5 Å². The second kappa shape index (κ2) is 5.39. The van der Waals surface area contributed by atoms with Crippen LogP contribution in [0.25, 0.3) is 0 Å². The fourth-order valence-electron chi connectivity index (χ4n) is 1.99. The molecule has 0 radical (unpaired) electrons. The first-order valence-corrected chi connectivity index (χ1v) is 5.93. The molecular formula is C15H18N2. The molecule has 2 aromatic carbocycles. The Balaban J connectivity index is 1.87. The Kier molecular flexibility index (Phi) is 3.66. The van der Waals surface area contributed by atoms with E-state index in [1.807, 2.05) is 36.4 Å². The Morgan fingerprint density at radius 2 is 1.18 bits per heavy atom. The molecule has 0 spiro atoms. The van der Waals surface area contributed by atoms with Gasteiger partial charge >= 0.3 is 0 Å². The van der Waals surface area contributed by atoms with Gasteiger partial charge in [-0.1, -0.05) is 24.3 Å². The van der Waals surface area contributed by atoms with Crippen LogP contribution < -0.4 is 11.5 Å². The molecule has 0 fully saturated rings. The lowest BCUT2D eigenvalue weighted by atomic mass is 10.0. The van der Waals surface area contributed by atoms with Crippen molar-refractivity contribution in [2.45, 2.75) is 19.3 Å². The Morgan fingerprint density at radius 3 is 1.59 bits per heavy atom. The molecule has 0 saturated heterocycles. The van der Waals surface area contributed by atoms with Crippen molar-refractivity contribution in [3.63, 3.8) is 0 Å². The van der Waals surface area contributed by atoms with Crippen LogP contribution in [0, 0.1) is 0 Å². The van der Waals surface area contributed by atoms with Crippen LogP contribution in [0.15, 0.2) is 48.5 Å². The molecule has 2 nitrogen and oxygen atoms in total. The van der Waals surface area contributed by atoms with Crippen molar-refractivity contribution >= 4 is 11.4 Å². The van der Waals surface area contributed by atoms with E-state index in [0.717, 1.165) is 30.6 Å². The maximum Gasteiger partial charge on any atom is 0.0316 e. The van der Waals surface area contributed by atoms with Gasteiger partial charge in [0.2, 0.25) is 0 Å². The summed E-state index contributed by atoms with van der Waals surface area (Å²) < 4.78 is 0. The van der Waals surface area contributed by atoms with Gasteiger partial charge in [-0.05, 0) is 54.7 Å². The predicted octanol–water partition coefficient (Wildman–Crippen LogP) is 3.03. The molecule has 2 heteroatoms. The van der Waals surface area contributed by atoms with Gasteiger partial charge in [0.05, 0.1) is 0 Å². The van der Waals surface area contributed by atoms with E-state index in [2.05, 4.69) is 12.1 Å². The molecule has 0 unspecified atom stereocenters. The van der Waals surface area contributed by atoms with Crippen LogP contribution in [-0.4, -0.2) is 0 Å². The number of hydrogen-bond donors (Lipinski definition) is 2. The third kappa shape index (κ3) is 3.52. The molecule has 2 aromatic rings. The minimum atomic E-state index is 0.839. The average molecular weight is 226 g/mol. The monoisotopic (exact) mass is 226 g/mol. The normalized spacial score (nSPS) is 10.4. The highest BCUT2D eigenvalue weighted by atomic mass is 14.5. The van der Waals surface area contributed by atoms with Crippen LogP contribution in [0.5, 0.6) is 0 Å². The minimum absolute atomic E-state index is 0.839. The number of aryl methyl sites for hydroxylation is 2. The SMILES string of the molecule is Nc1cccc(CCCc2cccc(N)c2)c1. The van der Waals surface area contributed by atoms with Crippen molar-refractivity contribution < 1.29 is 0 Å². The molecule has 0 amide bonds. The van der Waals surface area contributed by atoms with E-state index < -0.39 is 0 Å². The topological polar surface area (TPSA) is 52.0 Å². The van der Waals surface area contributed by atoms with E-state index >= 15 is 0 Å². The van der Waals surface area contributed by atoms with Crippen molar-refractivity contribution in [2.24, 2.45) is 0 Å². The molecule has 17 heavy (non-hydrogen) atoms. The van der Waals surface area contributed by atoms with E-state index in [-0.39, 0.29) is 0 Å². The maximum absolute atomic E-state index is 5.74.